The molecule has 8 heteroatoms. The minimum Gasteiger partial charge on any atom is -0.337 e. The predicted molar refractivity (Wildman–Crippen MR) is 78.2 cm³/mol. The maximum Gasteiger partial charge on any atom is 0.285 e. The van der Waals surface area contributed by atoms with Crippen LogP contribution in [0.25, 0.3) is 0 Å². The molecule has 0 radical (unpaired) electrons. The third kappa shape index (κ3) is 3.68. The van der Waals surface area contributed by atoms with Crippen LogP contribution in [0.5, 0.6) is 0 Å². The Balaban J connectivity index is 0.00000220. The number of aryl methyl sites for hydroxylation is 1. The highest BCUT2D eigenvalue weighted by atomic mass is 35.5. The Bertz CT molecular complexity index is 568. The zero-order valence-corrected chi connectivity index (χ0v) is 12.4. The summed E-state index contributed by atoms with van der Waals surface area (Å²) in [4.78, 5) is 24.3. The summed E-state index contributed by atoms with van der Waals surface area (Å²) in [6.07, 6.45) is 1.56. The number of hydrogen-bond donors (Lipinski definition) is 1. The molecule has 116 valence electrons. The van der Waals surface area contributed by atoms with Crippen LogP contribution in [0.4, 0.5) is 10.1 Å². The molecule has 1 aromatic rings. The van der Waals surface area contributed by atoms with Gasteiger partial charge in [-0.2, -0.15) is 0 Å². The molecule has 1 aromatic carbocycles. The minimum atomic E-state index is -0.655. The molecule has 1 amide bonds. The van der Waals surface area contributed by atoms with Crippen LogP contribution in [0.3, 0.4) is 0 Å². The lowest BCUT2D eigenvalue weighted by Crippen LogP contribution is -2.45. The summed E-state index contributed by atoms with van der Waals surface area (Å²) in [5.41, 5.74) is 5.39. The molecule has 2 rings (SSSR count). The number of nitro benzene ring substituents is 1. The van der Waals surface area contributed by atoms with Crippen molar-refractivity contribution in [2.45, 2.75) is 25.8 Å². The van der Waals surface area contributed by atoms with Crippen molar-refractivity contribution < 1.29 is 14.1 Å². The van der Waals surface area contributed by atoms with E-state index in [1.165, 1.54) is 11.8 Å². The second-order valence-corrected chi connectivity index (χ2v) is 5.03. The van der Waals surface area contributed by atoms with E-state index in [4.69, 9.17) is 5.73 Å². The lowest BCUT2D eigenvalue weighted by atomic mass is 10.0. The SMILES string of the molecule is Cc1cc(F)cc(C(=O)N2CCCC(N)C2)c1[N+](=O)[O-].Cl. The molecule has 1 aliphatic rings. The van der Waals surface area contributed by atoms with Gasteiger partial charge in [0.1, 0.15) is 11.4 Å². The molecule has 0 spiro atoms. The third-order valence-corrected chi connectivity index (χ3v) is 3.42. The fourth-order valence-corrected chi connectivity index (χ4v) is 2.51. The van der Waals surface area contributed by atoms with Crippen LogP contribution < -0.4 is 5.73 Å². The molecule has 1 saturated heterocycles. The largest absolute Gasteiger partial charge is 0.337 e. The zero-order chi connectivity index (χ0) is 14.9. The van der Waals surface area contributed by atoms with Crippen molar-refractivity contribution in [2.75, 3.05) is 13.1 Å². The summed E-state index contributed by atoms with van der Waals surface area (Å²) in [7, 11) is 0. The average Bonchev–Trinajstić information content (AvgIpc) is 2.36. The number of halogens is 2. The number of rotatable bonds is 2. The smallest absolute Gasteiger partial charge is 0.285 e. The fraction of sp³-hybridized carbons (Fsp3) is 0.462. The van der Waals surface area contributed by atoms with E-state index < -0.39 is 16.6 Å². The summed E-state index contributed by atoms with van der Waals surface area (Å²) >= 11 is 0. The van der Waals surface area contributed by atoms with Crippen LogP contribution in [0.15, 0.2) is 12.1 Å². The number of nitro groups is 1. The van der Waals surface area contributed by atoms with Gasteiger partial charge in [0.25, 0.3) is 11.6 Å². The van der Waals surface area contributed by atoms with Gasteiger partial charge in [0.15, 0.2) is 0 Å². The molecule has 21 heavy (non-hydrogen) atoms. The number of carbonyl (C=O) groups excluding carboxylic acids is 1. The van der Waals surface area contributed by atoms with Crippen LogP contribution in [0.1, 0.15) is 28.8 Å². The molecule has 6 nitrogen and oxygen atoms in total. The van der Waals surface area contributed by atoms with Gasteiger partial charge in [0.2, 0.25) is 0 Å². The summed E-state index contributed by atoms with van der Waals surface area (Å²) in [5, 5.41) is 11.1. The quantitative estimate of drug-likeness (QED) is 0.667. The van der Waals surface area contributed by atoms with E-state index in [1.807, 2.05) is 0 Å². The normalized spacial score (nSPS) is 18.0. The van der Waals surface area contributed by atoms with Crippen molar-refractivity contribution in [3.63, 3.8) is 0 Å². The molecule has 1 fully saturated rings. The van der Waals surface area contributed by atoms with Crippen molar-refractivity contribution >= 4 is 24.0 Å². The summed E-state index contributed by atoms with van der Waals surface area (Å²) in [5.74, 6) is -1.19. The van der Waals surface area contributed by atoms with Gasteiger partial charge in [0.05, 0.1) is 4.92 Å². The van der Waals surface area contributed by atoms with Crippen molar-refractivity contribution in [1.82, 2.24) is 4.90 Å². The third-order valence-electron chi connectivity index (χ3n) is 3.42. The molecule has 0 bridgehead atoms. The van der Waals surface area contributed by atoms with Crippen LogP contribution in [0, 0.1) is 22.9 Å². The Kier molecular flexibility index (Phi) is 5.62. The molecule has 0 aliphatic carbocycles. The number of hydrogen-bond acceptors (Lipinski definition) is 4. The highest BCUT2D eigenvalue weighted by molar-refractivity contribution is 5.98. The number of nitrogens with two attached hydrogens (primary N) is 1. The first kappa shape index (κ1) is 17.3. The number of piperidine rings is 1. The summed E-state index contributed by atoms with van der Waals surface area (Å²) in [6.45, 7) is 2.24. The maximum absolute atomic E-state index is 13.5. The molecule has 2 N–H and O–H groups in total. The van der Waals surface area contributed by atoms with Crippen molar-refractivity contribution in [2.24, 2.45) is 5.73 Å². The maximum atomic E-state index is 13.5. The Labute approximate surface area is 127 Å². The van der Waals surface area contributed by atoms with Crippen molar-refractivity contribution in [1.29, 1.82) is 0 Å². The Hall–Kier alpha value is -1.73. The molecule has 0 saturated carbocycles. The number of carbonyl (C=O) groups is 1. The minimum absolute atomic E-state index is 0. The number of amides is 1. The van der Waals surface area contributed by atoms with E-state index >= 15 is 0 Å². The Morgan fingerprint density at radius 2 is 2.19 bits per heavy atom. The average molecular weight is 318 g/mol. The van der Waals surface area contributed by atoms with E-state index in [1.54, 1.807) is 0 Å². The van der Waals surface area contributed by atoms with Crippen LogP contribution >= 0.6 is 12.4 Å². The van der Waals surface area contributed by atoms with E-state index in [0.717, 1.165) is 25.0 Å². The van der Waals surface area contributed by atoms with Crippen molar-refractivity contribution in [3.8, 4) is 0 Å². The molecule has 0 aromatic heterocycles. The van der Waals surface area contributed by atoms with Gasteiger partial charge in [-0.1, -0.05) is 0 Å². The highest BCUT2D eigenvalue weighted by Gasteiger charge is 2.29. The van der Waals surface area contributed by atoms with Crippen LogP contribution in [0.2, 0.25) is 0 Å². The lowest BCUT2D eigenvalue weighted by Gasteiger charge is -2.30. The van der Waals surface area contributed by atoms with Gasteiger partial charge in [-0.3, -0.25) is 14.9 Å². The molecule has 1 unspecified atom stereocenters. The second-order valence-electron chi connectivity index (χ2n) is 5.03. The monoisotopic (exact) mass is 317 g/mol. The van der Waals surface area contributed by atoms with E-state index in [9.17, 15) is 19.3 Å². The fourth-order valence-electron chi connectivity index (χ4n) is 2.51. The highest BCUT2D eigenvalue weighted by Crippen LogP contribution is 2.26. The van der Waals surface area contributed by atoms with Gasteiger partial charge >= 0.3 is 0 Å². The molecular formula is C13H17ClFN3O3. The predicted octanol–water partition coefficient (Wildman–Crippen LogP) is 2.03. The van der Waals surface area contributed by atoms with Crippen LogP contribution in [-0.4, -0.2) is 34.9 Å². The first-order valence-electron chi connectivity index (χ1n) is 6.39. The van der Waals surface area contributed by atoms with Crippen LogP contribution in [-0.2, 0) is 0 Å². The van der Waals surface area contributed by atoms with Crippen molar-refractivity contribution in [3.05, 3.63) is 39.2 Å². The number of nitrogens with zero attached hydrogens (tertiary/aromatic N) is 2. The first-order chi connectivity index (χ1) is 9.40. The van der Waals surface area contributed by atoms with Gasteiger partial charge in [-0.05, 0) is 31.9 Å². The zero-order valence-electron chi connectivity index (χ0n) is 11.5. The molecule has 1 heterocycles. The van der Waals surface area contributed by atoms with Gasteiger partial charge < -0.3 is 10.6 Å². The summed E-state index contributed by atoms with van der Waals surface area (Å²) < 4.78 is 13.5. The molecule has 1 aliphatic heterocycles. The lowest BCUT2D eigenvalue weighted by molar-refractivity contribution is -0.385. The summed E-state index contributed by atoms with van der Waals surface area (Å²) in [6, 6.07) is 1.84. The van der Waals surface area contributed by atoms with E-state index in [2.05, 4.69) is 0 Å². The second kappa shape index (κ2) is 6.82. The number of benzene rings is 1. The Morgan fingerprint density at radius 3 is 2.76 bits per heavy atom. The molecular weight excluding hydrogens is 301 g/mol. The van der Waals surface area contributed by atoms with Gasteiger partial charge in [-0.25, -0.2) is 4.39 Å². The first-order valence-corrected chi connectivity index (χ1v) is 6.39. The van der Waals surface area contributed by atoms with Gasteiger partial charge in [0, 0.05) is 24.7 Å². The van der Waals surface area contributed by atoms with E-state index in [-0.39, 0.29) is 35.3 Å². The van der Waals surface area contributed by atoms with E-state index in [0.29, 0.717) is 13.1 Å². The topological polar surface area (TPSA) is 89.5 Å². The number of likely N-dealkylation sites (tertiary alicyclic amines) is 1. The van der Waals surface area contributed by atoms with Gasteiger partial charge in [-0.15, -0.1) is 12.4 Å². The standard InChI is InChI=1S/C13H16FN3O3.ClH/c1-8-5-9(14)6-11(12(8)17(19)20)13(18)16-4-2-3-10(15)7-16;/h5-6,10H,2-4,7,15H2,1H3;1H. The Morgan fingerprint density at radius 1 is 1.52 bits per heavy atom. The molecule has 1 atom stereocenters.